The SMILES string of the molecule is CC(C(=O)O)c1ccc(NC2CCCC2=O)cc1F. The summed E-state index contributed by atoms with van der Waals surface area (Å²) in [5.41, 5.74) is 0.662. The first-order valence-electron chi connectivity index (χ1n) is 6.30. The van der Waals surface area contributed by atoms with Crippen LogP contribution in [-0.2, 0) is 9.59 Å². The summed E-state index contributed by atoms with van der Waals surface area (Å²) in [5, 5.41) is 11.9. The van der Waals surface area contributed by atoms with Crippen LogP contribution in [0.25, 0.3) is 0 Å². The number of rotatable bonds is 4. The second-order valence-corrected chi connectivity index (χ2v) is 4.85. The summed E-state index contributed by atoms with van der Waals surface area (Å²) >= 11 is 0. The molecule has 1 aliphatic carbocycles. The molecule has 0 radical (unpaired) electrons. The van der Waals surface area contributed by atoms with Crippen molar-refractivity contribution < 1.29 is 19.1 Å². The van der Waals surface area contributed by atoms with Crippen LogP contribution < -0.4 is 5.32 Å². The van der Waals surface area contributed by atoms with Gasteiger partial charge in [0.1, 0.15) is 5.82 Å². The molecular weight excluding hydrogens is 249 g/mol. The van der Waals surface area contributed by atoms with E-state index >= 15 is 0 Å². The van der Waals surface area contributed by atoms with Crippen LogP contribution in [0.4, 0.5) is 10.1 Å². The van der Waals surface area contributed by atoms with Gasteiger partial charge in [-0.1, -0.05) is 6.07 Å². The van der Waals surface area contributed by atoms with Crippen molar-refractivity contribution in [3.05, 3.63) is 29.6 Å². The van der Waals surface area contributed by atoms with Gasteiger partial charge in [-0.3, -0.25) is 9.59 Å². The van der Waals surface area contributed by atoms with E-state index in [9.17, 15) is 14.0 Å². The Hall–Kier alpha value is -1.91. The lowest BCUT2D eigenvalue weighted by molar-refractivity contribution is -0.138. The Morgan fingerprint density at radius 3 is 2.79 bits per heavy atom. The topological polar surface area (TPSA) is 66.4 Å². The van der Waals surface area contributed by atoms with Crippen molar-refractivity contribution in [2.24, 2.45) is 0 Å². The number of hydrogen-bond donors (Lipinski definition) is 2. The van der Waals surface area contributed by atoms with Gasteiger partial charge in [0, 0.05) is 17.7 Å². The Balaban J connectivity index is 2.14. The molecule has 19 heavy (non-hydrogen) atoms. The minimum Gasteiger partial charge on any atom is -0.481 e. The molecular formula is C14H16FNO3. The quantitative estimate of drug-likeness (QED) is 0.878. The second-order valence-electron chi connectivity index (χ2n) is 4.85. The van der Waals surface area contributed by atoms with Crippen LogP contribution in [-0.4, -0.2) is 22.9 Å². The third-order valence-corrected chi connectivity index (χ3v) is 3.48. The zero-order chi connectivity index (χ0) is 14.0. The molecule has 0 aromatic heterocycles. The van der Waals surface area contributed by atoms with Gasteiger partial charge in [-0.2, -0.15) is 0 Å². The van der Waals surface area contributed by atoms with Gasteiger partial charge in [0.15, 0.2) is 5.78 Å². The van der Waals surface area contributed by atoms with Crippen LogP contribution in [0.15, 0.2) is 18.2 Å². The first-order chi connectivity index (χ1) is 8.99. The molecule has 1 fully saturated rings. The van der Waals surface area contributed by atoms with Gasteiger partial charge in [0.2, 0.25) is 0 Å². The summed E-state index contributed by atoms with van der Waals surface area (Å²) in [5.74, 6) is -2.37. The first-order valence-corrected chi connectivity index (χ1v) is 6.30. The van der Waals surface area contributed by atoms with Crippen LogP contribution in [0.3, 0.4) is 0 Å². The van der Waals surface area contributed by atoms with Crippen molar-refractivity contribution in [1.29, 1.82) is 0 Å². The molecule has 2 N–H and O–H groups in total. The summed E-state index contributed by atoms with van der Waals surface area (Å²) in [6.07, 6.45) is 2.18. The average Bonchev–Trinajstić information content (AvgIpc) is 2.74. The molecule has 2 unspecified atom stereocenters. The number of ketones is 1. The van der Waals surface area contributed by atoms with Crippen LogP contribution in [0, 0.1) is 5.82 Å². The van der Waals surface area contributed by atoms with E-state index in [0.29, 0.717) is 12.1 Å². The zero-order valence-electron chi connectivity index (χ0n) is 10.6. The van der Waals surface area contributed by atoms with E-state index in [0.717, 1.165) is 12.8 Å². The highest BCUT2D eigenvalue weighted by Gasteiger charge is 2.24. The lowest BCUT2D eigenvalue weighted by Crippen LogP contribution is -2.23. The number of carbonyl (C=O) groups excluding carboxylic acids is 1. The monoisotopic (exact) mass is 265 g/mol. The lowest BCUT2D eigenvalue weighted by atomic mass is 10.0. The summed E-state index contributed by atoms with van der Waals surface area (Å²) < 4.78 is 13.8. The molecule has 0 heterocycles. The van der Waals surface area contributed by atoms with Gasteiger partial charge in [-0.15, -0.1) is 0 Å². The highest BCUT2D eigenvalue weighted by molar-refractivity contribution is 5.88. The van der Waals surface area contributed by atoms with E-state index in [4.69, 9.17) is 5.11 Å². The number of hydrogen-bond acceptors (Lipinski definition) is 3. The summed E-state index contributed by atoms with van der Waals surface area (Å²) in [4.78, 5) is 22.3. The summed E-state index contributed by atoms with van der Waals surface area (Å²) in [7, 11) is 0. The highest BCUT2D eigenvalue weighted by atomic mass is 19.1. The number of carbonyl (C=O) groups is 2. The van der Waals surface area contributed by atoms with E-state index in [1.54, 1.807) is 6.07 Å². The maximum absolute atomic E-state index is 13.8. The van der Waals surface area contributed by atoms with Crippen molar-refractivity contribution in [1.82, 2.24) is 0 Å². The molecule has 1 aromatic carbocycles. The van der Waals surface area contributed by atoms with Crippen molar-refractivity contribution in [2.75, 3.05) is 5.32 Å². The molecule has 2 rings (SSSR count). The molecule has 1 aliphatic rings. The number of anilines is 1. The average molecular weight is 265 g/mol. The minimum atomic E-state index is -1.06. The second kappa shape index (κ2) is 5.38. The molecule has 1 saturated carbocycles. The Labute approximate surface area is 110 Å². The van der Waals surface area contributed by atoms with Gasteiger partial charge in [-0.05, 0) is 31.9 Å². The van der Waals surface area contributed by atoms with Crippen molar-refractivity contribution in [3.63, 3.8) is 0 Å². The van der Waals surface area contributed by atoms with Gasteiger partial charge >= 0.3 is 5.97 Å². The molecule has 5 heteroatoms. The molecule has 4 nitrogen and oxygen atoms in total. The molecule has 1 aromatic rings. The van der Waals surface area contributed by atoms with Crippen LogP contribution in [0.5, 0.6) is 0 Å². The van der Waals surface area contributed by atoms with E-state index in [1.165, 1.54) is 19.1 Å². The Morgan fingerprint density at radius 1 is 1.53 bits per heavy atom. The number of aliphatic carboxylic acids is 1. The number of carboxylic acids is 1. The first kappa shape index (κ1) is 13.5. The lowest BCUT2D eigenvalue weighted by Gasteiger charge is -2.14. The predicted octanol–water partition coefficient (Wildman–Crippen LogP) is 2.55. The van der Waals surface area contributed by atoms with E-state index in [2.05, 4.69) is 5.32 Å². The Kier molecular flexibility index (Phi) is 3.83. The van der Waals surface area contributed by atoms with Gasteiger partial charge in [0.05, 0.1) is 12.0 Å². The van der Waals surface area contributed by atoms with Crippen LogP contribution in [0.1, 0.15) is 37.7 Å². The van der Waals surface area contributed by atoms with Gasteiger partial charge in [-0.25, -0.2) is 4.39 Å². The number of benzene rings is 1. The number of carboxylic acid groups (broad SMARTS) is 1. The molecule has 0 saturated heterocycles. The number of nitrogens with one attached hydrogen (secondary N) is 1. The van der Waals surface area contributed by atoms with E-state index < -0.39 is 17.7 Å². The molecule has 0 aliphatic heterocycles. The number of Topliss-reactive ketones (excluding diaryl/α,β-unsaturated/α-hetero) is 1. The fourth-order valence-corrected chi connectivity index (χ4v) is 2.27. The molecule has 0 spiro atoms. The van der Waals surface area contributed by atoms with Crippen LogP contribution >= 0.6 is 0 Å². The third kappa shape index (κ3) is 2.92. The predicted molar refractivity (Wildman–Crippen MR) is 68.7 cm³/mol. The van der Waals surface area contributed by atoms with Crippen molar-refractivity contribution in [3.8, 4) is 0 Å². The van der Waals surface area contributed by atoms with Gasteiger partial charge < -0.3 is 10.4 Å². The molecule has 0 bridgehead atoms. The normalized spacial score (nSPS) is 20.3. The van der Waals surface area contributed by atoms with E-state index in [1.807, 2.05) is 0 Å². The minimum absolute atomic E-state index is 0.142. The highest BCUT2D eigenvalue weighted by Crippen LogP contribution is 2.25. The maximum Gasteiger partial charge on any atom is 0.310 e. The zero-order valence-corrected chi connectivity index (χ0v) is 10.6. The maximum atomic E-state index is 13.8. The smallest absolute Gasteiger partial charge is 0.310 e. The number of halogens is 1. The van der Waals surface area contributed by atoms with Crippen molar-refractivity contribution >= 4 is 17.4 Å². The summed E-state index contributed by atoms with van der Waals surface area (Å²) in [6, 6.07) is 4.07. The Bertz CT molecular complexity index is 515. The van der Waals surface area contributed by atoms with Crippen LogP contribution in [0.2, 0.25) is 0 Å². The molecule has 0 amide bonds. The van der Waals surface area contributed by atoms with Gasteiger partial charge in [0.25, 0.3) is 0 Å². The van der Waals surface area contributed by atoms with E-state index in [-0.39, 0.29) is 17.4 Å². The molecule has 102 valence electrons. The summed E-state index contributed by atoms with van der Waals surface area (Å²) in [6.45, 7) is 1.44. The molecule has 2 atom stereocenters. The Morgan fingerprint density at radius 2 is 2.26 bits per heavy atom. The fraction of sp³-hybridized carbons (Fsp3) is 0.429. The fourth-order valence-electron chi connectivity index (χ4n) is 2.27. The van der Waals surface area contributed by atoms with Crippen molar-refractivity contribution in [2.45, 2.75) is 38.1 Å². The third-order valence-electron chi connectivity index (χ3n) is 3.48. The standard InChI is InChI=1S/C14H16FNO3/c1-8(14(18)19)10-6-5-9(7-11(10)15)16-12-3-2-4-13(12)17/h5-8,12,16H,2-4H2,1H3,(H,18,19). The largest absolute Gasteiger partial charge is 0.481 e.